The molecule has 96 valence electrons. The second kappa shape index (κ2) is 5.10. The molecule has 0 spiro atoms. The third-order valence-corrected chi connectivity index (χ3v) is 3.32. The highest BCUT2D eigenvalue weighted by Crippen LogP contribution is 2.23. The molecule has 0 atom stereocenters. The van der Waals surface area contributed by atoms with Crippen LogP contribution < -0.4 is 10.6 Å². The van der Waals surface area contributed by atoms with E-state index in [-0.39, 0.29) is 5.91 Å². The minimum absolute atomic E-state index is 0.0886. The maximum absolute atomic E-state index is 11.5. The van der Waals surface area contributed by atoms with E-state index >= 15 is 0 Å². The van der Waals surface area contributed by atoms with Crippen molar-refractivity contribution >= 4 is 11.6 Å². The summed E-state index contributed by atoms with van der Waals surface area (Å²) in [7, 11) is 0. The Balaban J connectivity index is 1.80. The molecule has 0 saturated carbocycles. The Kier molecular flexibility index (Phi) is 3.14. The summed E-state index contributed by atoms with van der Waals surface area (Å²) in [6.45, 7) is 1.36. The number of fused-ring (bicyclic) bond motifs is 1. The summed E-state index contributed by atoms with van der Waals surface area (Å²) in [5.74, 6) is 0.0886. The summed E-state index contributed by atoms with van der Waals surface area (Å²) in [6.07, 6.45) is 4.02. The van der Waals surface area contributed by atoms with E-state index in [1.54, 1.807) is 12.4 Å². The third kappa shape index (κ3) is 2.57. The maximum Gasteiger partial charge on any atom is 0.224 e. The molecular weight excluding hydrogens is 238 g/mol. The number of benzene rings is 1. The lowest BCUT2D eigenvalue weighted by Crippen LogP contribution is -2.30. The van der Waals surface area contributed by atoms with E-state index in [2.05, 4.69) is 21.7 Å². The van der Waals surface area contributed by atoms with E-state index in [0.29, 0.717) is 13.0 Å². The highest BCUT2D eigenvalue weighted by molar-refractivity contribution is 5.83. The molecule has 19 heavy (non-hydrogen) atoms. The van der Waals surface area contributed by atoms with Crippen LogP contribution in [-0.2, 0) is 24.3 Å². The Labute approximate surface area is 111 Å². The highest BCUT2D eigenvalue weighted by atomic mass is 16.1. The van der Waals surface area contributed by atoms with E-state index in [0.717, 1.165) is 17.8 Å². The molecule has 4 heteroatoms. The number of aromatic nitrogens is 1. The zero-order chi connectivity index (χ0) is 13.1. The fourth-order valence-corrected chi connectivity index (χ4v) is 2.29. The van der Waals surface area contributed by atoms with Gasteiger partial charge >= 0.3 is 0 Å². The molecule has 3 rings (SSSR count). The van der Waals surface area contributed by atoms with Crippen LogP contribution in [0, 0.1) is 0 Å². The van der Waals surface area contributed by atoms with Crippen molar-refractivity contribution in [1.29, 1.82) is 0 Å². The molecule has 1 aromatic heterocycles. The van der Waals surface area contributed by atoms with Gasteiger partial charge in [-0.05, 0) is 34.9 Å². The van der Waals surface area contributed by atoms with Crippen molar-refractivity contribution in [3.63, 3.8) is 0 Å². The molecular formula is C15H15N3O. The van der Waals surface area contributed by atoms with Crippen LogP contribution in [0.15, 0.2) is 42.7 Å². The molecule has 0 aliphatic carbocycles. The normalized spacial score (nSPS) is 13.6. The number of pyridine rings is 1. The molecule has 2 N–H and O–H groups in total. The average Bonchev–Trinajstić information content (AvgIpc) is 2.46. The molecule has 4 nitrogen and oxygen atoms in total. The van der Waals surface area contributed by atoms with Gasteiger partial charge in [0.25, 0.3) is 0 Å². The molecule has 0 bridgehead atoms. The van der Waals surface area contributed by atoms with Gasteiger partial charge in [0.05, 0.1) is 6.42 Å². The van der Waals surface area contributed by atoms with Gasteiger partial charge in [-0.1, -0.05) is 12.1 Å². The number of nitrogens with zero attached hydrogens (tertiary/aromatic N) is 1. The van der Waals surface area contributed by atoms with Crippen molar-refractivity contribution in [1.82, 2.24) is 10.3 Å². The molecule has 1 amide bonds. The largest absolute Gasteiger partial charge is 0.381 e. The summed E-state index contributed by atoms with van der Waals surface area (Å²) in [5.41, 5.74) is 4.52. The van der Waals surface area contributed by atoms with E-state index in [4.69, 9.17) is 0 Å². The number of carbonyl (C=O) groups is 1. The van der Waals surface area contributed by atoms with Crippen molar-refractivity contribution in [3.8, 4) is 0 Å². The smallest absolute Gasteiger partial charge is 0.224 e. The van der Waals surface area contributed by atoms with Crippen molar-refractivity contribution < 1.29 is 4.79 Å². The van der Waals surface area contributed by atoms with Gasteiger partial charge in [0.1, 0.15) is 0 Å². The van der Waals surface area contributed by atoms with E-state index in [1.807, 2.05) is 24.3 Å². The van der Waals surface area contributed by atoms with Gasteiger partial charge in [-0.15, -0.1) is 0 Å². The number of amides is 1. The average molecular weight is 253 g/mol. The van der Waals surface area contributed by atoms with Crippen LogP contribution >= 0.6 is 0 Å². The molecule has 1 aliphatic heterocycles. The summed E-state index contributed by atoms with van der Waals surface area (Å²) < 4.78 is 0. The van der Waals surface area contributed by atoms with Crippen LogP contribution in [0.3, 0.4) is 0 Å². The van der Waals surface area contributed by atoms with Crippen molar-refractivity contribution in [2.45, 2.75) is 19.5 Å². The number of hydrogen-bond donors (Lipinski definition) is 2. The van der Waals surface area contributed by atoms with Crippen LogP contribution in [-0.4, -0.2) is 10.9 Å². The summed E-state index contributed by atoms with van der Waals surface area (Å²) in [4.78, 5) is 15.5. The van der Waals surface area contributed by atoms with Crippen molar-refractivity contribution in [2.75, 3.05) is 5.32 Å². The Morgan fingerprint density at radius 2 is 2.05 bits per heavy atom. The summed E-state index contributed by atoms with van der Waals surface area (Å²) in [5, 5.41) is 6.27. The Bertz CT molecular complexity index is 596. The van der Waals surface area contributed by atoms with Crippen LogP contribution in [0.1, 0.15) is 16.7 Å². The van der Waals surface area contributed by atoms with E-state index < -0.39 is 0 Å². The topological polar surface area (TPSA) is 54.0 Å². The van der Waals surface area contributed by atoms with Crippen LogP contribution in [0.5, 0.6) is 0 Å². The molecule has 0 radical (unpaired) electrons. The lowest BCUT2D eigenvalue weighted by molar-refractivity contribution is -0.121. The predicted molar refractivity (Wildman–Crippen MR) is 73.6 cm³/mol. The SMILES string of the molecule is O=C1Cc2c(cccc2NCc2ccncc2)CN1. The van der Waals surface area contributed by atoms with Crippen molar-refractivity contribution in [2.24, 2.45) is 0 Å². The summed E-state index contributed by atoms with van der Waals surface area (Å²) in [6, 6.07) is 10.1. The molecule has 1 aliphatic rings. The molecule has 1 aromatic carbocycles. The predicted octanol–water partition coefficient (Wildman–Crippen LogP) is 1.87. The molecule has 0 fully saturated rings. The maximum atomic E-state index is 11.5. The lowest BCUT2D eigenvalue weighted by atomic mass is 9.98. The first-order valence-corrected chi connectivity index (χ1v) is 6.33. The summed E-state index contributed by atoms with van der Waals surface area (Å²) >= 11 is 0. The van der Waals surface area contributed by atoms with Crippen LogP contribution in [0.25, 0.3) is 0 Å². The molecule has 0 saturated heterocycles. The Morgan fingerprint density at radius 1 is 1.21 bits per heavy atom. The standard InChI is InChI=1S/C15H15N3O/c19-15-8-13-12(10-18-15)2-1-3-14(13)17-9-11-4-6-16-7-5-11/h1-7,17H,8-10H2,(H,18,19). The Hall–Kier alpha value is -2.36. The first-order chi connectivity index (χ1) is 9.33. The monoisotopic (exact) mass is 253 g/mol. The second-order valence-corrected chi connectivity index (χ2v) is 4.61. The third-order valence-electron chi connectivity index (χ3n) is 3.32. The second-order valence-electron chi connectivity index (χ2n) is 4.61. The van der Waals surface area contributed by atoms with Crippen LogP contribution in [0.4, 0.5) is 5.69 Å². The molecule has 2 heterocycles. The van der Waals surface area contributed by atoms with Crippen molar-refractivity contribution in [3.05, 3.63) is 59.4 Å². The fourth-order valence-electron chi connectivity index (χ4n) is 2.29. The number of carbonyl (C=O) groups excluding carboxylic acids is 1. The number of nitrogens with one attached hydrogen (secondary N) is 2. The number of rotatable bonds is 3. The zero-order valence-electron chi connectivity index (χ0n) is 10.5. The van der Waals surface area contributed by atoms with E-state index in [1.165, 1.54) is 11.1 Å². The van der Waals surface area contributed by atoms with E-state index in [9.17, 15) is 4.79 Å². The van der Waals surface area contributed by atoms with Gasteiger partial charge in [-0.25, -0.2) is 0 Å². The van der Waals surface area contributed by atoms with Gasteiger partial charge in [-0.3, -0.25) is 9.78 Å². The quantitative estimate of drug-likeness (QED) is 0.878. The molecule has 2 aromatic rings. The van der Waals surface area contributed by atoms with Crippen LogP contribution in [0.2, 0.25) is 0 Å². The van der Waals surface area contributed by atoms with Gasteiger partial charge < -0.3 is 10.6 Å². The number of hydrogen-bond acceptors (Lipinski definition) is 3. The lowest BCUT2D eigenvalue weighted by Gasteiger charge is -2.20. The zero-order valence-corrected chi connectivity index (χ0v) is 10.5. The van der Waals surface area contributed by atoms with Gasteiger partial charge in [0.2, 0.25) is 5.91 Å². The first-order valence-electron chi connectivity index (χ1n) is 6.33. The first kappa shape index (κ1) is 11.7. The fraction of sp³-hybridized carbons (Fsp3) is 0.200. The van der Waals surface area contributed by atoms with Gasteiger partial charge in [0.15, 0.2) is 0 Å². The number of anilines is 1. The Morgan fingerprint density at radius 3 is 2.89 bits per heavy atom. The van der Waals surface area contributed by atoms with Gasteiger partial charge in [0, 0.05) is 31.2 Å². The minimum atomic E-state index is 0.0886. The molecule has 0 unspecified atom stereocenters. The minimum Gasteiger partial charge on any atom is -0.381 e. The highest BCUT2D eigenvalue weighted by Gasteiger charge is 2.17. The van der Waals surface area contributed by atoms with Gasteiger partial charge in [-0.2, -0.15) is 0 Å².